The van der Waals surface area contributed by atoms with E-state index in [0.29, 0.717) is 7.27 Å². The first-order valence-corrected chi connectivity index (χ1v) is 5.23. The Balaban J connectivity index is 3.86. The Morgan fingerprint density at radius 2 is 1.58 bits per heavy atom. The van der Waals surface area contributed by atoms with Gasteiger partial charge in [0.25, 0.3) is 5.56 Å². The van der Waals surface area contributed by atoms with Gasteiger partial charge >= 0.3 is 5.69 Å². The van der Waals surface area contributed by atoms with Gasteiger partial charge in [0.1, 0.15) is 7.27 Å². The summed E-state index contributed by atoms with van der Waals surface area (Å²) in [5, 5.41) is 0. The van der Waals surface area contributed by atoms with Crippen LogP contribution in [-0.4, -0.2) is 9.13 Å². The van der Waals surface area contributed by atoms with Crippen LogP contribution in [0.25, 0.3) is 0 Å². The first-order chi connectivity index (χ1) is 5.46. The van der Waals surface area contributed by atoms with E-state index in [-0.39, 0.29) is 11.2 Å². The quantitative estimate of drug-likeness (QED) is 0.471. The average Bonchev–Trinajstić information content (AvgIpc) is 2.08. The van der Waals surface area contributed by atoms with E-state index in [0.717, 1.165) is 4.57 Å². The molecule has 0 aliphatic heterocycles. The lowest BCUT2D eigenvalue weighted by molar-refractivity contribution is 0.664. The number of nitrogens with zero attached hydrogens (tertiary/aromatic N) is 2. The molecule has 0 fully saturated rings. The van der Waals surface area contributed by atoms with Crippen molar-refractivity contribution in [1.29, 1.82) is 0 Å². The van der Waals surface area contributed by atoms with Gasteiger partial charge in [-0.2, -0.15) is 0 Å². The number of aromatic nitrogens is 2. The smallest absolute Gasteiger partial charge is 0.290 e. The maximum Gasteiger partial charge on any atom is 0.331 e. The van der Waals surface area contributed by atoms with Gasteiger partial charge in [-0.3, -0.25) is 13.9 Å². The van der Waals surface area contributed by atoms with Gasteiger partial charge in [0.15, 0.2) is 0 Å². The van der Waals surface area contributed by atoms with E-state index < -0.39 is 0 Å². The second-order valence-electron chi connectivity index (χ2n) is 2.31. The lowest BCUT2D eigenvalue weighted by atomic mass is 10.6. The highest BCUT2D eigenvalue weighted by Crippen LogP contribution is 2.06. The van der Waals surface area contributed by atoms with Crippen LogP contribution in [0.4, 0.5) is 0 Å². The zero-order chi connectivity index (χ0) is 9.46. The predicted molar refractivity (Wildman–Crippen MR) is 62.4 cm³/mol. The Morgan fingerprint density at radius 3 is 2.08 bits per heavy atom. The summed E-state index contributed by atoms with van der Waals surface area (Å²) in [5.41, 5.74) is -0.520. The van der Waals surface area contributed by atoms with E-state index in [2.05, 4.69) is 0 Å². The SMILES string of the molecule is Cn1c(I)c(I)c(=O)n(C)c1=O. The fourth-order valence-corrected chi connectivity index (χ4v) is 1.94. The molecule has 4 nitrogen and oxygen atoms in total. The van der Waals surface area contributed by atoms with Crippen molar-refractivity contribution in [2.45, 2.75) is 0 Å². The number of rotatable bonds is 0. The zero-order valence-electron chi connectivity index (χ0n) is 6.47. The highest BCUT2D eigenvalue weighted by Gasteiger charge is 2.09. The van der Waals surface area contributed by atoms with Crippen LogP contribution in [0, 0.1) is 7.27 Å². The molecule has 0 saturated heterocycles. The van der Waals surface area contributed by atoms with Crippen LogP contribution in [0.5, 0.6) is 0 Å². The van der Waals surface area contributed by atoms with E-state index in [1.54, 1.807) is 7.05 Å². The fraction of sp³-hybridized carbons (Fsp3) is 0.333. The van der Waals surface area contributed by atoms with Crippen molar-refractivity contribution in [1.82, 2.24) is 9.13 Å². The summed E-state index contributed by atoms with van der Waals surface area (Å²) in [6.45, 7) is 0. The third-order valence-electron chi connectivity index (χ3n) is 1.54. The molecule has 6 heteroatoms. The van der Waals surface area contributed by atoms with Gasteiger partial charge < -0.3 is 0 Å². The molecule has 0 amide bonds. The molecule has 0 aliphatic rings. The highest BCUT2D eigenvalue weighted by atomic mass is 127. The minimum Gasteiger partial charge on any atom is -0.290 e. The minimum atomic E-state index is -0.287. The second-order valence-corrected chi connectivity index (χ2v) is 4.41. The topological polar surface area (TPSA) is 44.0 Å². The van der Waals surface area contributed by atoms with Crippen LogP contribution in [0.1, 0.15) is 0 Å². The normalized spacial score (nSPS) is 10.3. The van der Waals surface area contributed by atoms with Crippen molar-refractivity contribution in [3.8, 4) is 0 Å². The highest BCUT2D eigenvalue weighted by molar-refractivity contribution is 14.1. The predicted octanol–water partition coefficient (Wildman–Crippen LogP) is 0.293. The van der Waals surface area contributed by atoms with Crippen LogP contribution in [0.15, 0.2) is 9.59 Å². The molecule has 0 bridgehead atoms. The molecule has 12 heavy (non-hydrogen) atoms. The first-order valence-electron chi connectivity index (χ1n) is 3.08. The molecule has 1 rings (SSSR count). The number of hydrogen-bond acceptors (Lipinski definition) is 2. The maximum absolute atomic E-state index is 11.3. The van der Waals surface area contributed by atoms with Crippen molar-refractivity contribution >= 4 is 45.2 Å². The summed E-state index contributed by atoms with van der Waals surface area (Å²) in [5.74, 6) is 0. The van der Waals surface area contributed by atoms with E-state index in [1.807, 2.05) is 45.2 Å². The molecular formula is C6H6I2N2O2. The molecule has 0 unspecified atom stereocenters. The maximum atomic E-state index is 11.3. The van der Waals surface area contributed by atoms with Crippen molar-refractivity contribution in [3.63, 3.8) is 0 Å². The van der Waals surface area contributed by atoms with Crippen molar-refractivity contribution in [2.75, 3.05) is 0 Å². The van der Waals surface area contributed by atoms with Crippen molar-refractivity contribution in [2.24, 2.45) is 14.1 Å². The first kappa shape index (κ1) is 10.2. The molecule has 0 aromatic carbocycles. The Labute approximate surface area is 95.9 Å². The zero-order valence-corrected chi connectivity index (χ0v) is 10.8. The lowest BCUT2D eigenvalue weighted by Gasteiger charge is -2.05. The van der Waals surface area contributed by atoms with Crippen molar-refractivity contribution < 1.29 is 0 Å². The number of hydrogen-bond donors (Lipinski definition) is 0. The van der Waals surface area contributed by atoms with E-state index in [4.69, 9.17) is 0 Å². The third-order valence-corrected chi connectivity index (χ3v) is 4.81. The monoisotopic (exact) mass is 392 g/mol. The standard InChI is InChI=1S/C6H6I2N2O2/c1-9-4(8)3(7)5(11)10(2)6(9)12/h1-2H3. The van der Waals surface area contributed by atoms with E-state index in [9.17, 15) is 9.59 Å². The number of halogens is 2. The van der Waals surface area contributed by atoms with Gasteiger partial charge in [-0.25, -0.2) is 4.79 Å². The van der Waals surface area contributed by atoms with E-state index in [1.165, 1.54) is 11.6 Å². The van der Waals surface area contributed by atoms with E-state index >= 15 is 0 Å². The fourth-order valence-electron chi connectivity index (χ4n) is 0.779. The molecule has 66 valence electrons. The van der Waals surface area contributed by atoms with Crippen molar-refractivity contribution in [3.05, 3.63) is 28.1 Å². The van der Waals surface area contributed by atoms with Crippen LogP contribution in [0.3, 0.4) is 0 Å². The van der Waals surface area contributed by atoms with Crippen LogP contribution in [0.2, 0.25) is 0 Å². The van der Waals surface area contributed by atoms with Gasteiger partial charge in [-0.1, -0.05) is 0 Å². The molecule has 1 aromatic heterocycles. The third kappa shape index (κ3) is 1.45. The van der Waals surface area contributed by atoms with Gasteiger partial charge in [0, 0.05) is 14.1 Å². The second kappa shape index (κ2) is 3.48. The molecule has 1 aromatic rings. The van der Waals surface area contributed by atoms with Crippen LogP contribution in [-0.2, 0) is 14.1 Å². The van der Waals surface area contributed by atoms with Gasteiger partial charge in [-0.05, 0) is 45.2 Å². The largest absolute Gasteiger partial charge is 0.331 e. The van der Waals surface area contributed by atoms with Crippen LogP contribution < -0.4 is 11.2 Å². The van der Waals surface area contributed by atoms with Gasteiger partial charge in [0.05, 0.1) is 0 Å². The minimum absolute atomic E-state index is 0.233. The summed E-state index contributed by atoms with van der Waals surface area (Å²) < 4.78 is 3.81. The lowest BCUT2D eigenvalue weighted by Crippen LogP contribution is -2.39. The molecule has 0 atom stereocenters. The summed E-state index contributed by atoms with van der Waals surface area (Å²) in [6.07, 6.45) is 0. The Bertz CT molecular complexity index is 395. The average molecular weight is 392 g/mol. The molecule has 0 spiro atoms. The molecule has 0 N–H and O–H groups in total. The molecule has 0 aliphatic carbocycles. The van der Waals surface area contributed by atoms with Gasteiger partial charge in [0.2, 0.25) is 0 Å². The Hall–Kier alpha value is 0.140. The molecule has 0 radical (unpaired) electrons. The van der Waals surface area contributed by atoms with Crippen LogP contribution >= 0.6 is 45.2 Å². The van der Waals surface area contributed by atoms with Gasteiger partial charge in [-0.15, -0.1) is 0 Å². The summed E-state index contributed by atoms with van der Waals surface area (Å²) in [6, 6.07) is 0. The Morgan fingerprint density at radius 1 is 1.08 bits per heavy atom. The summed E-state index contributed by atoms with van der Waals surface area (Å²) >= 11 is 3.92. The Kier molecular flexibility index (Phi) is 2.97. The summed E-state index contributed by atoms with van der Waals surface area (Å²) in [7, 11) is 3.12. The molecule has 1 heterocycles. The molecular weight excluding hydrogens is 386 g/mol. The molecule has 0 saturated carbocycles. The summed E-state index contributed by atoms with van der Waals surface area (Å²) in [4.78, 5) is 22.6.